The number of rotatable bonds is 8. The Hall–Kier alpha value is -5.55. The Morgan fingerprint density at radius 2 is 2.00 bits per heavy atom. The molecule has 13 nitrogen and oxygen atoms in total. The minimum atomic E-state index is -0.586. The van der Waals surface area contributed by atoms with E-state index in [-0.39, 0.29) is 18.8 Å². The number of nitriles is 1. The molecule has 1 fully saturated rings. The molecule has 1 aliphatic heterocycles. The molecule has 236 valence electrons. The van der Waals surface area contributed by atoms with E-state index in [0.717, 1.165) is 22.9 Å². The van der Waals surface area contributed by atoms with Crippen molar-refractivity contribution >= 4 is 17.4 Å². The number of nitrogens with zero attached hydrogens (tertiary/aromatic N) is 8. The fourth-order valence-corrected chi connectivity index (χ4v) is 4.91. The summed E-state index contributed by atoms with van der Waals surface area (Å²) in [6.45, 7) is 7.33. The second-order valence-electron chi connectivity index (χ2n) is 11.7. The fourth-order valence-electron chi connectivity index (χ4n) is 4.91. The number of aromatic nitrogens is 6. The summed E-state index contributed by atoms with van der Waals surface area (Å²) >= 11 is 0. The highest BCUT2D eigenvalue weighted by Crippen LogP contribution is 2.31. The molecule has 0 spiro atoms. The van der Waals surface area contributed by atoms with Gasteiger partial charge < -0.3 is 24.4 Å². The van der Waals surface area contributed by atoms with E-state index >= 15 is 0 Å². The van der Waals surface area contributed by atoms with E-state index in [4.69, 9.17) is 14.2 Å². The lowest BCUT2D eigenvalue weighted by molar-refractivity contribution is -0.0557. The van der Waals surface area contributed by atoms with Crippen LogP contribution in [0.25, 0.3) is 22.5 Å². The zero-order valence-corrected chi connectivity index (χ0v) is 25.6. The molecule has 6 heterocycles. The largest absolute Gasteiger partial charge is 0.489 e. The van der Waals surface area contributed by atoms with Crippen molar-refractivity contribution in [1.82, 2.24) is 34.3 Å². The van der Waals surface area contributed by atoms with Crippen molar-refractivity contribution < 1.29 is 23.4 Å². The molecular formula is C32H32FN9O4. The zero-order valence-electron chi connectivity index (χ0n) is 25.6. The highest BCUT2D eigenvalue weighted by atomic mass is 19.1. The maximum Gasteiger partial charge on any atom is 0.410 e. The average molecular weight is 626 g/mol. The monoisotopic (exact) mass is 625 g/mol. The van der Waals surface area contributed by atoms with E-state index in [1.54, 1.807) is 34.1 Å². The van der Waals surface area contributed by atoms with Gasteiger partial charge in [0.2, 0.25) is 0 Å². The van der Waals surface area contributed by atoms with Gasteiger partial charge >= 0.3 is 6.09 Å². The lowest BCUT2D eigenvalue weighted by atomic mass is 10.1. The van der Waals surface area contributed by atoms with Crippen LogP contribution in [0.2, 0.25) is 0 Å². The summed E-state index contributed by atoms with van der Waals surface area (Å²) in [6, 6.07) is 11.4. The number of anilines is 1. The first-order valence-electron chi connectivity index (χ1n) is 14.6. The predicted molar refractivity (Wildman–Crippen MR) is 165 cm³/mol. The summed E-state index contributed by atoms with van der Waals surface area (Å²) in [5, 5.41) is 21.3. The Labute approximate surface area is 264 Å². The van der Waals surface area contributed by atoms with E-state index in [0.29, 0.717) is 54.7 Å². The molecule has 1 amide bonds. The van der Waals surface area contributed by atoms with Crippen molar-refractivity contribution in [2.75, 3.05) is 31.6 Å². The van der Waals surface area contributed by atoms with Crippen LogP contribution in [0.4, 0.5) is 15.0 Å². The van der Waals surface area contributed by atoms with Crippen molar-refractivity contribution in [3.8, 4) is 28.8 Å². The third-order valence-corrected chi connectivity index (χ3v) is 7.08. The Morgan fingerprint density at radius 1 is 1.13 bits per heavy atom. The molecule has 5 aromatic heterocycles. The van der Waals surface area contributed by atoms with Crippen LogP contribution in [-0.4, -0.2) is 78.4 Å². The lowest BCUT2D eigenvalue weighted by Crippen LogP contribution is -2.49. The van der Waals surface area contributed by atoms with Gasteiger partial charge in [0.05, 0.1) is 49.0 Å². The number of hydrogen-bond acceptors (Lipinski definition) is 10. The molecular weight excluding hydrogens is 593 g/mol. The quantitative estimate of drug-likeness (QED) is 0.259. The van der Waals surface area contributed by atoms with Crippen molar-refractivity contribution in [2.45, 2.75) is 39.0 Å². The van der Waals surface area contributed by atoms with Gasteiger partial charge in [0.1, 0.15) is 35.9 Å². The summed E-state index contributed by atoms with van der Waals surface area (Å²) < 4.78 is 33.7. The summed E-state index contributed by atoms with van der Waals surface area (Å²) in [6.07, 6.45) is 8.28. The molecule has 0 aliphatic carbocycles. The summed E-state index contributed by atoms with van der Waals surface area (Å²) in [5.41, 5.74) is 2.85. The number of hydrogen-bond donors (Lipinski definition) is 1. The van der Waals surface area contributed by atoms with E-state index in [1.165, 1.54) is 17.1 Å². The van der Waals surface area contributed by atoms with Gasteiger partial charge in [0.25, 0.3) is 0 Å². The van der Waals surface area contributed by atoms with Crippen LogP contribution in [0.5, 0.6) is 5.75 Å². The maximum atomic E-state index is 13.3. The van der Waals surface area contributed by atoms with Gasteiger partial charge in [-0.1, -0.05) is 6.07 Å². The minimum absolute atomic E-state index is 0.201. The SMILES string of the molecule is CC(C)(C)OC(=O)N1CCO[C@@H](COc2cc(-c3ccc(NCc4ccc(-n5cc(F)cn5)nc4)nc3)c3c(C#N)cnn3c2)C1. The number of fused-ring (bicyclic) bond motifs is 1. The van der Waals surface area contributed by atoms with Crippen LogP contribution in [0.15, 0.2) is 67.5 Å². The number of carbonyl (C=O) groups is 1. The Bertz CT molecular complexity index is 1880. The molecule has 14 heteroatoms. The predicted octanol–water partition coefficient (Wildman–Crippen LogP) is 4.61. The van der Waals surface area contributed by atoms with Crippen molar-refractivity contribution in [3.63, 3.8) is 0 Å². The van der Waals surface area contributed by atoms with E-state index in [1.807, 2.05) is 45.0 Å². The van der Waals surface area contributed by atoms with Crippen LogP contribution >= 0.6 is 0 Å². The number of nitrogens with one attached hydrogen (secondary N) is 1. The minimum Gasteiger partial charge on any atom is -0.489 e. The molecule has 1 N–H and O–H groups in total. The number of morpholine rings is 1. The van der Waals surface area contributed by atoms with Gasteiger partial charge in [-0.3, -0.25) is 0 Å². The van der Waals surface area contributed by atoms with Crippen LogP contribution in [0.1, 0.15) is 31.9 Å². The summed E-state index contributed by atoms with van der Waals surface area (Å²) in [4.78, 5) is 23.1. The average Bonchev–Trinajstić information content (AvgIpc) is 3.68. The van der Waals surface area contributed by atoms with Crippen LogP contribution in [-0.2, 0) is 16.0 Å². The maximum absolute atomic E-state index is 13.3. The van der Waals surface area contributed by atoms with Gasteiger partial charge in [-0.05, 0) is 50.6 Å². The topological polar surface area (TPSA) is 145 Å². The van der Waals surface area contributed by atoms with Gasteiger partial charge in [0.15, 0.2) is 11.6 Å². The van der Waals surface area contributed by atoms with Gasteiger partial charge in [-0.15, -0.1) is 0 Å². The van der Waals surface area contributed by atoms with Gasteiger partial charge in [-0.25, -0.2) is 28.4 Å². The van der Waals surface area contributed by atoms with Crippen LogP contribution in [0, 0.1) is 17.1 Å². The molecule has 0 unspecified atom stereocenters. The number of carbonyl (C=O) groups excluding carboxylic acids is 1. The normalized spacial score (nSPS) is 15.0. The lowest BCUT2D eigenvalue weighted by Gasteiger charge is -2.34. The molecule has 1 saturated heterocycles. The molecule has 0 bridgehead atoms. The second kappa shape index (κ2) is 12.8. The molecule has 1 atom stereocenters. The molecule has 5 aromatic rings. The molecule has 46 heavy (non-hydrogen) atoms. The van der Waals surface area contributed by atoms with E-state index < -0.39 is 11.4 Å². The highest BCUT2D eigenvalue weighted by molar-refractivity contribution is 5.85. The Morgan fingerprint density at radius 3 is 2.70 bits per heavy atom. The molecule has 6 rings (SSSR count). The van der Waals surface area contributed by atoms with Crippen molar-refractivity contribution in [2.24, 2.45) is 0 Å². The smallest absolute Gasteiger partial charge is 0.410 e. The first-order valence-corrected chi connectivity index (χ1v) is 14.6. The highest BCUT2D eigenvalue weighted by Gasteiger charge is 2.28. The van der Waals surface area contributed by atoms with Crippen LogP contribution < -0.4 is 10.1 Å². The first kappa shape index (κ1) is 30.5. The third kappa shape index (κ3) is 7.05. The van der Waals surface area contributed by atoms with E-state index in [9.17, 15) is 14.4 Å². The standard InChI is InChI=1S/C32H32FN9O4/c1-32(2,3)46-31(43)40-8-9-44-26(18-40)20-45-25-10-27(30-23(11-34)15-38-42(30)19-25)22-5-6-28(36-14-22)35-12-21-4-7-29(37-13-21)41-17-24(33)16-39-41/h4-7,10,13-17,19,26H,8-9,12,18,20H2,1-3H3,(H,35,36)/t26-/m1/s1. The fraction of sp³-hybridized carbons (Fsp3) is 0.312. The second-order valence-corrected chi connectivity index (χ2v) is 11.7. The van der Waals surface area contributed by atoms with Crippen LogP contribution in [0.3, 0.4) is 0 Å². The number of halogens is 1. The summed E-state index contributed by atoms with van der Waals surface area (Å²) in [7, 11) is 0. The first-order chi connectivity index (χ1) is 22.1. The Kier molecular flexibility index (Phi) is 8.49. The zero-order chi connectivity index (χ0) is 32.3. The Balaban J connectivity index is 1.13. The molecule has 0 aromatic carbocycles. The van der Waals surface area contributed by atoms with E-state index in [2.05, 4.69) is 31.6 Å². The van der Waals surface area contributed by atoms with Crippen molar-refractivity contribution in [3.05, 3.63) is 84.5 Å². The van der Waals surface area contributed by atoms with Gasteiger partial charge in [-0.2, -0.15) is 15.5 Å². The molecule has 0 radical (unpaired) electrons. The third-order valence-electron chi connectivity index (χ3n) is 7.08. The van der Waals surface area contributed by atoms with Gasteiger partial charge in [0, 0.05) is 36.6 Å². The number of pyridine rings is 3. The van der Waals surface area contributed by atoms with Crippen molar-refractivity contribution in [1.29, 1.82) is 5.26 Å². The molecule has 0 saturated carbocycles. The molecule has 1 aliphatic rings. The number of amides is 1. The number of ether oxygens (including phenoxy) is 3. The summed E-state index contributed by atoms with van der Waals surface area (Å²) in [5.74, 6) is 1.24.